The SMILES string of the molecule is COCC(NC(=O)OCC1c2ccccc2-c2ccccc21)C(=O)NCc1cn(CC(=O)O)nn1. The van der Waals surface area contributed by atoms with E-state index < -0.39 is 24.0 Å². The van der Waals surface area contributed by atoms with Gasteiger partial charge in [0, 0.05) is 13.0 Å². The number of carbonyl (C=O) groups is 3. The molecule has 1 aliphatic carbocycles. The van der Waals surface area contributed by atoms with Gasteiger partial charge in [0.15, 0.2) is 0 Å². The average molecular weight is 479 g/mol. The van der Waals surface area contributed by atoms with E-state index in [0.29, 0.717) is 5.69 Å². The number of carboxylic acids is 1. The van der Waals surface area contributed by atoms with Crippen LogP contribution in [0.2, 0.25) is 0 Å². The second kappa shape index (κ2) is 10.8. The second-order valence-electron chi connectivity index (χ2n) is 8.00. The maximum atomic E-state index is 12.6. The zero-order valence-electron chi connectivity index (χ0n) is 19.0. The lowest BCUT2D eigenvalue weighted by Crippen LogP contribution is -2.49. The summed E-state index contributed by atoms with van der Waals surface area (Å²) in [5, 5.41) is 21.4. The lowest BCUT2D eigenvalue weighted by atomic mass is 9.98. The number of fused-ring (bicyclic) bond motifs is 3. The van der Waals surface area contributed by atoms with E-state index in [1.165, 1.54) is 13.3 Å². The van der Waals surface area contributed by atoms with Gasteiger partial charge in [-0.1, -0.05) is 53.7 Å². The van der Waals surface area contributed by atoms with Crippen molar-refractivity contribution in [3.63, 3.8) is 0 Å². The van der Waals surface area contributed by atoms with Gasteiger partial charge in [0.1, 0.15) is 24.9 Å². The number of carbonyl (C=O) groups excluding carboxylic acids is 2. The van der Waals surface area contributed by atoms with Crippen LogP contribution < -0.4 is 10.6 Å². The fourth-order valence-corrected chi connectivity index (χ4v) is 4.07. The molecule has 182 valence electrons. The first-order valence-electron chi connectivity index (χ1n) is 10.9. The van der Waals surface area contributed by atoms with E-state index >= 15 is 0 Å². The van der Waals surface area contributed by atoms with Crippen molar-refractivity contribution < 1.29 is 29.0 Å². The summed E-state index contributed by atoms with van der Waals surface area (Å²) in [6, 6.07) is 15.0. The van der Waals surface area contributed by atoms with Gasteiger partial charge in [-0.2, -0.15) is 0 Å². The summed E-state index contributed by atoms with van der Waals surface area (Å²) < 4.78 is 11.7. The first-order valence-corrected chi connectivity index (χ1v) is 10.9. The van der Waals surface area contributed by atoms with Gasteiger partial charge in [-0.25, -0.2) is 9.48 Å². The Kier molecular flexibility index (Phi) is 7.36. The first-order chi connectivity index (χ1) is 17.0. The van der Waals surface area contributed by atoms with Crippen LogP contribution in [-0.4, -0.2) is 64.4 Å². The molecule has 11 heteroatoms. The number of carboxylic acid groups (broad SMARTS) is 1. The lowest BCUT2D eigenvalue weighted by molar-refractivity contribution is -0.138. The van der Waals surface area contributed by atoms with Crippen LogP contribution in [0.3, 0.4) is 0 Å². The summed E-state index contributed by atoms with van der Waals surface area (Å²) in [6.45, 7) is -0.281. The molecule has 0 saturated carbocycles. The van der Waals surface area contributed by atoms with Crippen LogP contribution in [0.4, 0.5) is 4.79 Å². The van der Waals surface area contributed by atoms with Crippen molar-refractivity contribution in [3.05, 3.63) is 71.5 Å². The van der Waals surface area contributed by atoms with Crippen molar-refractivity contribution in [1.82, 2.24) is 25.6 Å². The number of amides is 2. The fourth-order valence-electron chi connectivity index (χ4n) is 4.07. The van der Waals surface area contributed by atoms with E-state index in [1.807, 2.05) is 48.5 Å². The van der Waals surface area contributed by atoms with Crippen LogP contribution in [-0.2, 0) is 32.2 Å². The minimum absolute atomic E-state index is 0.00500. The Morgan fingerprint density at radius 3 is 2.37 bits per heavy atom. The molecule has 2 aromatic carbocycles. The van der Waals surface area contributed by atoms with Gasteiger partial charge in [0.25, 0.3) is 0 Å². The van der Waals surface area contributed by atoms with Crippen LogP contribution in [0.25, 0.3) is 11.1 Å². The highest BCUT2D eigenvalue weighted by Gasteiger charge is 2.29. The molecule has 1 aromatic heterocycles. The largest absolute Gasteiger partial charge is 0.480 e. The normalized spacial score (nSPS) is 12.9. The Labute approximate surface area is 201 Å². The molecule has 11 nitrogen and oxygen atoms in total. The number of benzene rings is 2. The summed E-state index contributed by atoms with van der Waals surface area (Å²) in [7, 11) is 1.41. The third-order valence-electron chi connectivity index (χ3n) is 5.61. The minimum atomic E-state index is -1.06. The van der Waals surface area contributed by atoms with E-state index in [4.69, 9.17) is 14.6 Å². The molecule has 0 bridgehead atoms. The summed E-state index contributed by atoms with van der Waals surface area (Å²) in [6.07, 6.45) is 0.676. The zero-order chi connectivity index (χ0) is 24.8. The molecule has 0 fully saturated rings. The molecular weight excluding hydrogens is 454 g/mol. The number of aromatic nitrogens is 3. The number of alkyl carbamates (subject to hydrolysis) is 1. The van der Waals surface area contributed by atoms with Gasteiger partial charge in [-0.05, 0) is 22.3 Å². The number of methoxy groups -OCH3 is 1. The number of rotatable bonds is 10. The van der Waals surface area contributed by atoms with Gasteiger partial charge in [-0.15, -0.1) is 5.10 Å². The molecular formula is C24H25N5O6. The van der Waals surface area contributed by atoms with Crippen molar-refractivity contribution >= 4 is 18.0 Å². The van der Waals surface area contributed by atoms with E-state index in [2.05, 4.69) is 20.9 Å². The van der Waals surface area contributed by atoms with E-state index in [1.54, 1.807) is 0 Å². The molecule has 0 spiro atoms. The van der Waals surface area contributed by atoms with Crippen LogP contribution in [0.1, 0.15) is 22.7 Å². The summed E-state index contributed by atoms with van der Waals surface area (Å²) in [5.41, 5.74) is 4.78. The van der Waals surface area contributed by atoms with Gasteiger partial charge >= 0.3 is 12.1 Å². The molecule has 0 radical (unpaired) electrons. The second-order valence-corrected chi connectivity index (χ2v) is 8.00. The average Bonchev–Trinajstić information content (AvgIpc) is 3.42. The van der Waals surface area contributed by atoms with Crippen LogP contribution >= 0.6 is 0 Å². The van der Waals surface area contributed by atoms with Gasteiger partial charge in [0.2, 0.25) is 5.91 Å². The lowest BCUT2D eigenvalue weighted by Gasteiger charge is -2.19. The van der Waals surface area contributed by atoms with Crippen LogP contribution in [0.5, 0.6) is 0 Å². The molecule has 4 rings (SSSR count). The number of nitrogens with one attached hydrogen (secondary N) is 2. The highest BCUT2D eigenvalue weighted by molar-refractivity contribution is 5.86. The monoisotopic (exact) mass is 479 g/mol. The molecule has 3 aromatic rings. The number of aliphatic carboxylic acids is 1. The Morgan fingerprint density at radius 1 is 1.09 bits per heavy atom. The highest BCUT2D eigenvalue weighted by atomic mass is 16.5. The molecule has 35 heavy (non-hydrogen) atoms. The molecule has 1 aliphatic rings. The van der Waals surface area contributed by atoms with Crippen molar-refractivity contribution in [2.24, 2.45) is 0 Å². The van der Waals surface area contributed by atoms with Gasteiger partial charge < -0.3 is 25.2 Å². The number of ether oxygens (including phenoxy) is 2. The maximum Gasteiger partial charge on any atom is 0.407 e. The van der Waals surface area contributed by atoms with Crippen LogP contribution in [0.15, 0.2) is 54.7 Å². The third kappa shape index (κ3) is 5.64. The van der Waals surface area contributed by atoms with E-state index in [9.17, 15) is 14.4 Å². The van der Waals surface area contributed by atoms with Crippen molar-refractivity contribution in [2.45, 2.75) is 25.0 Å². The predicted molar refractivity (Wildman–Crippen MR) is 123 cm³/mol. The summed E-state index contributed by atoms with van der Waals surface area (Å²) >= 11 is 0. The molecule has 3 N–H and O–H groups in total. The topological polar surface area (TPSA) is 145 Å². The number of hydrogen-bond acceptors (Lipinski definition) is 7. The van der Waals surface area contributed by atoms with Crippen molar-refractivity contribution in [2.75, 3.05) is 20.3 Å². The molecule has 0 saturated heterocycles. The standard InChI is InChI=1S/C24H25N5O6/c1-34-14-21(23(32)25-10-15-11-29(28-27-15)12-22(30)31)26-24(33)35-13-20-18-8-4-2-6-16(18)17-7-3-5-9-19(17)20/h2-9,11,20-21H,10,12-14H2,1H3,(H,25,32)(H,26,33)(H,30,31). The predicted octanol–water partition coefficient (Wildman–Crippen LogP) is 1.53. The van der Waals surface area contributed by atoms with Crippen molar-refractivity contribution in [3.8, 4) is 11.1 Å². The van der Waals surface area contributed by atoms with Gasteiger partial charge in [0.05, 0.1) is 19.3 Å². The summed E-state index contributed by atoms with van der Waals surface area (Å²) in [5.74, 6) is -1.66. The van der Waals surface area contributed by atoms with Crippen molar-refractivity contribution in [1.29, 1.82) is 0 Å². The molecule has 0 aliphatic heterocycles. The Morgan fingerprint density at radius 2 is 1.74 bits per heavy atom. The maximum absolute atomic E-state index is 12.6. The van der Waals surface area contributed by atoms with E-state index in [0.717, 1.165) is 26.9 Å². The number of nitrogens with zero attached hydrogens (tertiary/aromatic N) is 3. The minimum Gasteiger partial charge on any atom is -0.480 e. The van der Waals surface area contributed by atoms with Gasteiger partial charge in [-0.3, -0.25) is 9.59 Å². The fraction of sp³-hybridized carbons (Fsp3) is 0.292. The zero-order valence-corrected chi connectivity index (χ0v) is 19.0. The Bertz CT molecular complexity index is 1180. The first kappa shape index (κ1) is 23.9. The molecule has 2 amide bonds. The smallest absolute Gasteiger partial charge is 0.407 e. The van der Waals surface area contributed by atoms with Crippen LogP contribution in [0, 0.1) is 0 Å². The quantitative estimate of drug-likeness (QED) is 0.397. The highest BCUT2D eigenvalue weighted by Crippen LogP contribution is 2.44. The molecule has 1 atom stereocenters. The molecule has 1 heterocycles. The summed E-state index contributed by atoms with van der Waals surface area (Å²) in [4.78, 5) is 35.9. The third-order valence-corrected chi connectivity index (χ3v) is 5.61. The Hall–Kier alpha value is -4.25. The number of hydrogen-bond donors (Lipinski definition) is 3. The molecule has 1 unspecified atom stereocenters. The van der Waals surface area contributed by atoms with E-state index in [-0.39, 0.29) is 32.2 Å². The Balaban J connectivity index is 1.33.